The Labute approximate surface area is 150 Å². The Morgan fingerprint density at radius 3 is 2.88 bits per heavy atom. The summed E-state index contributed by atoms with van der Waals surface area (Å²) in [6, 6.07) is 4.28. The zero-order chi connectivity index (χ0) is 17.2. The molecule has 0 amide bonds. The Hall–Kier alpha value is -1.11. The summed E-state index contributed by atoms with van der Waals surface area (Å²) < 4.78 is 0. The molecule has 1 atom stereocenters. The van der Waals surface area contributed by atoms with Crippen molar-refractivity contribution in [2.75, 3.05) is 39.3 Å². The van der Waals surface area contributed by atoms with Crippen LogP contribution >= 0.6 is 11.3 Å². The van der Waals surface area contributed by atoms with Crippen LogP contribution in [0.5, 0.6) is 0 Å². The predicted molar refractivity (Wildman–Crippen MR) is 103 cm³/mol. The van der Waals surface area contributed by atoms with Crippen molar-refractivity contribution in [1.82, 2.24) is 15.5 Å². The highest BCUT2D eigenvalue weighted by atomic mass is 32.1. The maximum atomic E-state index is 9.54. The fourth-order valence-corrected chi connectivity index (χ4v) is 3.66. The van der Waals surface area contributed by atoms with Crippen LogP contribution in [0.4, 0.5) is 0 Å². The molecule has 0 aromatic carbocycles. The molecule has 6 heteroatoms. The van der Waals surface area contributed by atoms with Crippen LogP contribution < -0.4 is 10.6 Å². The molecule has 1 aliphatic heterocycles. The van der Waals surface area contributed by atoms with Gasteiger partial charge in [-0.2, -0.15) is 0 Å². The lowest BCUT2D eigenvalue weighted by Crippen LogP contribution is -2.40. The van der Waals surface area contributed by atoms with Crippen LogP contribution in [0.15, 0.2) is 22.5 Å². The molecule has 0 saturated carbocycles. The van der Waals surface area contributed by atoms with Gasteiger partial charge in [0.2, 0.25) is 0 Å². The van der Waals surface area contributed by atoms with Crippen molar-refractivity contribution in [3.8, 4) is 0 Å². The Bertz CT molecular complexity index is 469. The van der Waals surface area contributed by atoms with Crippen molar-refractivity contribution in [3.05, 3.63) is 22.4 Å². The Kier molecular flexibility index (Phi) is 8.56. The lowest BCUT2D eigenvalue weighted by molar-refractivity contribution is 0.0823. The first-order valence-corrected chi connectivity index (χ1v) is 10.0. The zero-order valence-corrected chi connectivity index (χ0v) is 15.8. The highest BCUT2D eigenvalue weighted by molar-refractivity contribution is 7.10. The Morgan fingerprint density at radius 2 is 2.21 bits per heavy atom. The molecule has 0 spiro atoms. The van der Waals surface area contributed by atoms with Crippen LogP contribution in [0, 0.1) is 0 Å². The molecule has 3 N–H and O–H groups in total. The molecule has 0 radical (unpaired) electrons. The molecule has 1 fully saturated rings. The number of hydrogen-bond acceptors (Lipinski definition) is 4. The monoisotopic (exact) mass is 352 g/mol. The predicted octanol–water partition coefficient (Wildman–Crippen LogP) is 2.25. The van der Waals surface area contributed by atoms with Crippen LogP contribution in [-0.2, 0) is 0 Å². The van der Waals surface area contributed by atoms with E-state index in [1.807, 2.05) is 0 Å². The van der Waals surface area contributed by atoms with Gasteiger partial charge < -0.3 is 20.6 Å². The third kappa shape index (κ3) is 6.79. The molecule has 2 rings (SSSR count). The van der Waals surface area contributed by atoms with Crippen molar-refractivity contribution in [1.29, 1.82) is 0 Å². The minimum Gasteiger partial charge on any atom is -0.393 e. The number of thiophene rings is 1. The molecule has 1 aliphatic rings. The number of aliphatic hydroxyl groups excluding tert-OH is 1. The van der Waals surface area contributed by atoms with E-state index in [0.29, 0.717) is 5.92 Å². The number of hydrogen-bond donors (Lipinski definition) is 3. The first kappa shape index (κ1) is 19.2. The quantitative estimate of drug-likeness (QED) is 0.382. The van der Waals surface area contributed by atoms with Crippen LogP contribution in [-0.4, -0.2) is 61.3 Å². The van der Waals surface area contributed by atoms with Crippen molar-refractivity contribution >= 4 is 17.3 Å². The zero-order valence-electron chi connectivity index (χ0n) is 15.0. The Balaban J connectivity index is 1.67. The molecular formula is C18H32N4OS. The molecule has 0 bridgehead atoms. The second-order valence-electron chi connectivity index (χ2n) is 6.49. The van der Waals surface area contributed by atoms with Gasteiger partial charge in [-0.05, 0) is 44.2 Å². The van der Waals surface area contributed by atoms with Gasteiger partial charge in [-0.25, -0.2) is 0 Å². The first-order valence-electron chi connectivity index (χ1n) is 9.15. The summed E-state index contributed by atoms with van der Waals surface area (Å²) in [4.78, 5) is 8.55. The number of guanidine groups is 1. The van der Waals surface area contributed by atoms with Crippen LogP contribution in [0.3, 0.4) is 0 Å². The summed E-state index contributed by atoms with van der Waals surface area (Å²) in [7, 11) is 0. The molecular weight excluding hydrogens is 320 g/mol. The fraction of sp³-hybridized carbons (Fsp3) is 0.722. The maximum Gasteiger partial charge on any atom is 0.191 e. The van der Waals surface area contributed by atoms with Gasteiger partial charge in [-0.3, -0.25) is 4.99 Å². The molecule has 136 valence electrons. The smallest absolute Gasteiger partial charge is 0.191 e. The van der Waals surface area contributed by atoms with Crippen LogP contribution in [0.25, 0.3) is 0 Å². The minimum absolute atomic E-state index is 0.0859. The summed E-state index contributed by atoms with van der Waals surface area (Å²) >= 11 is 1.80. The lowest BCUT2D eigenvalue weighted by atomic mass is 10.1. The second-order valence-corrected chi connectivity index (χ2v) is 7.47. The van der Waals surface area contributed by atoms with E-state index < -0.39 is 0 Å². The molecule has 5 nitrogen and oxygen atoms in total. The van der Waals surface area contributed by atoms with E-state index in [1.54, 1.807) is 11.3 Å². The Morgan fingerprint density at radius 1 is 1.42 bits per heavy atom. The lowest BCUT2D eigenvalue weighted by Gasteiger charge is -2.29. The van der Waals surface area contributed by atoms with Crippen molar-refractivity contribution in [3.63, 3.8) is 0 Å². The highest BCUT2D eigenvalue weighted by Gasteiger charge is 2.16. The van der Waals surface area contributed by atoms with Crippen molar-refractivity contribution in [2.45, 2.75) is 45.1 Å². The summed E-state index contributed by atoms with van der Waals surface area (Å²) in [5.41, 5.74) is 0. The topological polar surface area (TPSA) is 59.9 Å². The fourth-order valence-electron chi connectivity index (χ4n) is 2.88. The number of nitrogens with zero attached hydrogens (tertiary/aromatic N) is 2. The summed E-state index contributed by atoms with van der Waals surface area (Å²) in [5, 5.41) is 18.4. The van der Waals surface area contributed by atoms with Gasteiger partial charge in [-0.15, -0.1) is 11.3 Å². The normalized spacial score (nSPS) is 18.5. The van der Waals surface area contributed by atoms with Crippen molar-refractivity contribution < 1.29 is 5.11 Å². The van der Waals surface area contributed by atoms with Gasteiger partial charge in [0.1, 0.15) is 0 Å². The van der Waals surface area contributed by atoms with Gasteiger partial charge in [0, 0.05) is 37.0 Å². The summed E-state index contributed by atoms with van der Waals surface area (Å²) in [6.45, 7) is 10.1. The number of rotatable bonds is 8. The molecule has 2 heterocycles. The average molecular weight is 353 g/mol. The number of likely N-dealkylation sites (tertiary alicyclic amines) is 1. The van der Waals surface area contributed by atoms with Gasteiger partial charge in [0.05, 0.1) is 12.6 Å². The number of aliphatic hydroxyl groups is 1. The highest BCUT2D eigenvalue weighted by Crippen LogP contribution is 2.20. The maximum absolute atomic E-state index is 9.54. The number of aliphatic imine (C=N–C) groups is 1. The van der Waals surface area contributed by atoms with E-state index in [4.69, 9.17) is 4.99 Å². The third-order valence-corrected chi connectivity index (χ3v) is 5.50. The average Bonchev–Trinajstić information content (AvgIpc) is 3.12. The standard InChI is InChI=1S/C18H32N4OS/c1-3-19-18(21-14-15(2)17-6-4-13-24-17)20-9-5-10-22-11-7-16(23)8-12-22/h4,6,13,15-16,23H,3,5,7-12,14H2,1-2H3,(H2,19,20,21). The van der Waals surface area contributed by atoms with E-state index in [2.05, 4.69) is 46.9 Å². The minimum atomic E-state index is -0.0859. The van der Waals surface area contributed by atoms with Gasteiger partial charge in [-0.1, -0.05) is 13.0 Å². The van der Waals surface area contributed by atoms with E-state index in [0.717, 1.165) is 64.5 Å². The molecule has 1 saturated heterocycles. The van der Waals surface area contributed by atoms with Crippen LogP contribution in [0.1, 0.15) is 43.9 Å². The van der Waals surface area contributed by atoms with Gasteiger partial charge in [0.25, 0.3) is 0 Å². The van der Waals surface area contributed by atoms with Crippen LogP contribution in [0.2, 0.25) is 0 Å². The summed E-state index contributed by atoms with van der Waals surface area (Å²) in [6.07, 6.45) is 2.84. The summed E-state index contributed by atoms with van der Waals surface area (Å²) in [5.74, 6) is 1.37. The number of piperidine rings is 1. The van der Waals surface area contributed by atoms with Crippen molar-refractivity contribution in [2.24, 2.45) is 4.99 Å². The van der Waals surface area contributed by atoms with Gasteiger partial charge >= 0.3 is 0 Å². The first-order chi connectivity index (χ1) is 11.7. The molecule has 1 aromatic rings. The van der Waals surface area contributed by atoms with E-state index in [9.17, 15) is 5.11 Å². The van der Waals surface area contributed by atoms with E-state index >= 15 is 0 Å². The number of nitrogens with one attached hydrogen (secondary N) is 2. The second kappa shape index (κ2) is 10.7. The van der Waals surface area contributed by atoms with Gasteiger partial charge in [0.15, 0.2) is 5.96 Å². The molecule has 24 heavy (non-hydrogen) atoms. The molecule has 1 aromatic heterocycles. The molecule has 0 aliphatic carbocycles. The van der Waals surface area contributed by atoms with E-state index in [1.165, 1.54) is 4.88 Å². The SMILES string of the molecule is CCNC(=NCC(C)c1cccs1)NCCCN1CCC(O)CC1. The molecule has 1 unspecified atom stereocenters. The van der Waals surface area contributed by atoms with E-state index in [-0.39, 0.29) is 6.10 Å². The largest absolute Gasteiger partial charge is 0.393 e. The third-order valence-electron chi connectivity index (χ3n) is 4.40.